The number of β-lactam (4-membered cyclic amide) rings is 1. The number of aromatic nitrogens is 2. The molecule has 0 radical (unpaired) electrons. The summed E-state index contributed by atoms with van der Waals surface area (Å²) < 4.78 is 5.84. The molecule has 2 aromatic rings. The SMILES string of the molecule is Cc1nnc(SCC2=C(C(=O)O)N3C(=O)C(NC(=O)C(OC(=O)CCl)c4ccc(C(=O)O)cc4)[C@@H]3SC2)s1. The summed E-state index contributed by atoms with van der Waals surface area (Å²) in [4.78, 5) is 62.3. The van der Waals surface area contributed by atoms with Crippen molar-refractivity contribution in [1.29, 1.82) is 0 Å². The molecule has 1 fully saturated rings. The highest BCUT2D eigenvalue weighted by atomic mass is 35.5. The molecule has 200 valence electrons. The average Bonchev–Trinajstić information content (AvgIpc) is 3.32. The molecule has 3 atom stereocenters. The normalized spacial score (nSPS) is 19.3. The number of hydrogen-bond acceptors (Lipinski definition) is 11. The van der Waals surface area contributed by atoms with E-state index in [0.29, 0.717) is 21.4 Å². The molecule has 1 saturated heterocycles. The van der Waals surface area contributed by atoms with Gasteiger partial charge in [0.25, 0.3) is 11.8 Å². The molecule has 1 aromatic heterocycles. The number of aryl methyl sites for hydroxylation is 1. The number of carbonyl (C=O) groups excluding carboxylic acids is 3. The lowest BCUT2D eigenvalue weighted by Crippen LogP contribution is -2.71. The van der Waals surface area contributed by atoms with Crippen molar-refractivity contribution in [3.8, 4) is 0 Å². The number of halogens is 1. The number of benzene rings is 1. The molecule has 4 rings (SSSR count). The number of fused-ring (bicyclic) bond motifs is 1. The Labute approximate surface area is 232 Å². The summed E-state index contributed by atoms with van der Waals surface area (Å²) in [7, 11) is 0. The second-order valence-electron chi connectivity index (χ2n) is 7.96. The number of esters is 1. The predicted octanol–water partition coefficient (Wildman–Crippen LogP) is 1.90. The Morgan fingerprint density at radius 1 is 1.21 bits per heavy atom. The Bertz CT molecular complexity index is 1330. The van der Waals surface area contributed by atoms with Crippen molar-refractivity contribution in [3.05, 3.63) is 51.7 Å². The Balaban J connectivity index is 1.50. The standard InChI is InChI=1S/C22H19ClN4O8S3/c1-9-25-26-22(38-9)37-8-12-7-36-19-14(18(30)27(19)15(12)21(33)34)24-17(29)16(35-13(28)6-23)10-2-4-11(5-3-10)20(31)32/h2-5,14,16,19H,6-8H2,1H3,(H,24,29)(H,31,32)(H,33,34)/t14?,16?,19-/m0/s1. The van der Waals surface area contributed by atoms with Gasteiger partial charge in [-0.2, -0.15) is 0 Å². The summed E-state index contributed by atoms with van der Waals surface area (Å²) >= 11 is 9.53. The number of aliphatic carboxylic acids is 1. The lowest BCUT2D eigenvalue weighted by molar-refractivity contribution is -0.157. The molecule has 0 saturated carbocycles. The number of alkyl halides is 1. The molecule has 1 aromatic carbocycles. The van der Waals surface area contributed by atoms with E-state index in [-0.39, 0.29) is 16.8 Å². The van der Waals surface area contributed by atoms with E-state index in [2.05, 4.69) is 15.5 Å². The van der Waals surface area contributed by atoms with E-state index in [1.54, 1.807) is 0 Å². The van der Waals surface area contributed by atoms with Crippen LogP contribution >= 0.6 is 46.5 Å². The van der Waals surface area contributed by atoms with E-state index in [1.165, 1.54) is 59.1 Å². The highest BCUT2D eigenvalue weighted by Gasteiger charge is 2.54. The van der Waals surface area contributed by atoms with E-state index in [1.807, 2.05) is 6.92 Å². The summed E-state index contributed by atoms with van der Waals surface area (Å²) in [5, 5.41) is 29.5. The maximum absolute atomic E-state index is 13.1. The summed E-state index contributed by atoms with van der Waals surface area (Å²) in [6.07, 6.45) is -1.50. The van der Waals surface area contributed by atoms with Crippen LogP contribution in [0.25, 0.3) is 0 Å². The lowest BCUT2D eigenvalue weighted by atomic mass is 10.0. The number of carboxylic acid groups (broad SMARTS) is 2. The summed E-state index contributed by atoms with van der Waals surface area (Å²) in [5.41, 5.74) is 0.543. The van der Waals surface area contributed by atoms with Crippen molar-refractivity contribution < 1.29 is 38.9 Å². The van der Waals surface area contributed by atoms with Crippen LogP contribution in [0.2, 0.25) is 0 Å². The van der Waals surface area contributed by atoms with Gasteiger partial charge in [0.05, 0.1) is 5.56 Å². The lowest BCUT2D eigenvalue weighted by Gasteiger charge is -2.49. The monoisotopic (exact) mass is 598 g/mol. The van der Waals surface area contributed by atoms with Crippen LogP contribution in [0, 0.1) is 6.92 Å². The zero-order chi connectivity index (χ0) is 27.6. The third-order valence-electron chi connectivity index (χ3n) is 5.48. The molecule has 0 bridgehead atoms. The first kappa shape index (κ1) is 27.9. The molecule has 2 amide bonds. The number of nitrogens with zero attached hydrogens (tertiary/aromatic N) is 3. The van der Waals surface area contributed by atoms with Gasteiger partial charge >= 0.3 is 17.9 Å². The van der Waals surface area contributed by atoms with Gasteiger partial charge in [0.1, 0.15) is 28.0 Å². The molecule has 16 heteroatoms. The maximum Gasteiger partial charge on any atom is 0.352 e. The van der Waals surface area contributed by atoms with Crippen molar-refractivity contribution in [3.63, 3.8) is 0 Å². The van der Waals surface area contributed by atoms with Gasteiger partial charge in [0.2, 0.25) is 6.10 Å². The van der Waals surface area contributed by atoms with Gasteiger partial charge in [-0.3, -0.25) is 19.3 Å². The highest BCUT2D eigenvalue weighted by molar-refractivity contribution is 8.01. The maximum atomic E-state index is 13.1. The molecule has 3 heterocycles. The molecule has 2 aliphatic rings. The number of hydrogen-bond donors (Lipinski definition) is 3. The van der Waals surface area contributed by atoms with Gasteiger partial charge in [0.15, 0.2) is 4.34 Å². The second-order valence-corrected chi connectivity index (χ2v) is 11.7. The Kier molecular flexibility index (Phi) is 8.60. The van der Waals surface area contributed by atoms with Crippen LogP contribution in [-0.4, -0.2) is 83.8 Å². The topological polar surface area (TPSA) is 176 Å². The van der Waals surface area contributed by atoms with Gasteiger partial charge in [0, 0.05) is 17.1 Å². The van der Waals surface area contributed by atoms with Crippen molar-refractivity contribution in [2.24, 2.45) is 0 Å². The van der Waals surface area contributed by atoms with Crippen LogP contribution < -0.4 is 5.32 Å². The number of ether oxygens (including phenoxy) is 1. The van der Waals surface area contributed by atoms with Gasteiger partial charge in [-0.1, -0.05) is 35.2 Å². The fraction of sp³-hybridized carbons (Fsp3) is 0.318. The highest BCUT2D eigenvalue weighted by Crippen LogP contribution is 2.42. The first-order chi connectivity index (χ1) is 18.1. The average molecular weight is 599 g/mol. The van der Waals surface area contributed by atoms with Gasteiger partial charge in [-0.15, -0.1) is 33.6 Å². The number of rotatable bonds is 10. The largest absolute Gasteiger partial charge is 0.478 e. The van der Waals surface area contributed by atoms with Crippen molar-refractivity contribution in [1.82, 2.24) is 20.4 Å². The van der Waals surface area contributed by atoms with Crippen LogP contribution in [0.15, 0.2) is 39.9 Å². The van der Waals surface area contributed by atoms with Gasteiger partial charge in [-0.05, 0) is 24.6 Å². The molecule has 0 aliphatic carbocycles. The fourth-order valence-corrected chi connectivity index (χ4v) is 7.11. The predicted molar refractivity (Wildman–Crippen MR) is 138 cm³/mol. The van der Waals surface area contributed by atoms with Crippen LogP contribution in [0.4, 0.5) is 0 Å². The number of thioether (sulfide) groups is 2. The smallest absolute Gasteiger partial charge is 0.352 e. The molecule has 12 nitrogen and oxygen atoms in total. The van der Waals surface area contributed by atoms with Gasteiger partial charge in [-0.25, -0.2) is 9.59 Å². The summed E-state index contributed by atoms with van der Waals surface area (Å²) in [6.45, 7) is 1.81. The van der Waals surface area contributed by atoms with Crippen LogP contribution in [0.3, 0.4) is 0 Å². The minimum atomic E-state index is -1.50. The third kappa shape index (κ3) is 5.80. The van der Waals surface area contributed by atoms with Gasteiger partial charge < -0.3 is 20.3 Å². The summed E-state index contributed by atoms with van der Waals surface area (Å²) in [6, 6.07) is 4.05. The van der Waals surface area contributed by atoms with Crippen molar-refractivity contribution in [2.45, 2.75) is 28.8 Å². The van der Waals surface area contributed by atoms with E-state index < -0.39 is 53.1 Å². The Morgan fingerprint density at radius 2 is 1.92 bits per heavy atom. The van der Waals surface area contributed by atoms with Crippen molar-refractivity contribution in [2.75, 3.05) is 17.4 Å². The number of aromatic carboxylic acids is 1. The molecule has 3 N–H and O–H groups in total. The number of amides is 2. The third-order valence-corrected chi connectivity index (χ3v) is 9.10. The minimum absolute atomic E-state index is 0.0387. The first-order valence-corrected chi connectivity index (χ1v) is 14.2. The molecule has 0 spiro atoms. The van der Waals surface area contributed by atoms with E-state index in [0.717, 1.165) is 9.91 Å². The zero-order valence-corrected chi connectivity index (χ0v) is 22.7. The first-order valence-electron chi connectivity index (χ1n) is 10.8. The van der Waals surface area contributed by atoms with Crippen LogP contribution in [0.5, 0.6) is 0 Å². The molecule has 2 unspecified atom stereocenters. The zero-order valence-electron chi connectivity index (χ0n) is 19.5. The van der Waals surface area contributed by atoms with Crippen LogP contribution in [-0.2, 0) is 23.9 Å². The van der Waals surface area contributed by atoms with Crippen LogP contribution in [0.1, 0.15) is 27.0 Å². The fourth-order valence-electron chi connectivity index (χ4n) is 3.75. The van der Waals surface area contributed by atoms with E-state index in [4.69, 9.17) is 21.4 Å². The number of nitrogens with one attached hydrogen (secondary N) is 1. The van der Waals surface area contributed by atoms with E-state index in [9.17, 15) is 29.1 Å². The number of carboxylic acids is 2. The number of carbonyl (C=O) groups is 5. The Hall–Kier alpha value is -3.14. The molecule has 2 aliphatic heterocycles. The van der Waals surface area contributed by atoms with E-state index >= 15 is 0 Å². The second kappa shape index (κ2) is 11.7. The molecular formula is C22H19ClN4O8S3. The minimum Gasteiger partial charge on any atom is -0.478 e. The molecular weight excluding hydrogens is 580 g/mol. The Morgan fingerprint density at radius 3 is 2.50 bits per heavy atom. The van der Waals surface area contributed by atoms with Crippen molar-refractivity contribution >= 4 is 76.2 Å². The quantitative estimate of drug-likeness (QED) is 0.157. The molecule has 38 heavy (non-hydrogen) atoms. The summed E-state index contributed by atoms with van der Waals surface area (Å²) in [5.74, 6) is -4.70.